The van der Waals surface area contributed by atoms with Crippen molar-refractivity contribution < 1.29 is 23.1 Å². The van der Waals surface area contributed by atoms with Crippen LogP contribution in [-0.2, 0) is 16.4 Å². The summed E-state index contributed by atoms with van der Waals surface area (Å²) in [6.45, 7) is 0.173. The predicted octanol–water partition coefficient (Wildman–Crippen LogP) is 3.16. The van der Waals surface area contributed by atoms with E-state index < -0.39 is 22.8 Å². The van der Waals surface area contributed by atoms with Crippen molar-refractivity contribution in [3.05, 3.63) is 35.4 Å². The molecular weight excluding hydrogens is 307 g/mol. The number of aliphatic hydroxyl groups is 1. The third kappa shape index (κ3) is 3.22. The number of carbonyl (C=O) groups is 1. The van der Waals surface area contributed by atoms with Crippen LogP contribution in [0.1, 0.15) is 49.7 Å². The second kappa shape index (κ2) is 5.51. The van der Waals surface area contributed by atoms with E-state index in [-0.39, 0.29) is 12.5 Å². The van der Waals surface area contributed by atoms with Crippen molar-refractivity contribution in [2.45, 2.75) is 55.7 Å². The zero-order valence-corrected chi connectivity index (χ0v) is 12.7. The molecule has 2 N–H and O–H groups in total. The number of halogens is 3. The lowest BCUT2D eigenvalue weighted by atomic mass is 9.92. The fourth-order valence-corrected chi connectivity index (χ4v) is 3.39. The van der Waals surface area contributed by atoms with Crippen molar-refractivity contribution in [1.29, 1.82) is 0 Å². The van der Waals surface area contributed by atoms with Gasteiger partial charge in [0.05, 0.1) is 16.6 Å². The summed E-state index contributed by atoms with van der Waals surface area (Å²) >= 11 is 0. The van der Waals surface area contributed by atoms with Crippen LogP contribution >= 0.6 is 0 Å². The maximum Gasteiger partial charge on any atom is 0.416 e. The smallest absolute Gasteiger partial charge is 0.388 e. The molecule has 2 fully saturated rings. The fraction of sp³-hybridized carbons (Fsp3) is 0.588. The second-order valence-corrected chi connectivity index (χ2v) is 6.77. The summed E-state index contributed by atoms with van der Waals surface area (Å²) in [5.74, 6) is -0.280. The summed E-state index contributed by atoms with van der Waals surface area (Å²) in [6.07, 6.45) is -0.150. The Morgan fingerprint density at radius 2 is 1.83 bits per heavy atom. The summed E-state index contributed by atoms with van der Waals surface area (Å²) in [7, 11) is 0. The molecule has 3 rings (SSSR count). The average Bonchev–Trinajstić information content (AvgIpc) is 3.21. The van der Waals surface area contributed by atoms with Crippen molar-refractivity contribution in [3.8, 4) is 0 Å². The van der Waals surface area contributed by atoms with Crippen molar-refractivity contribution in [3.63, 3.8) is 0 Å². The maximum absolute atomic E-state index is 12.8. The van der Waals surface area contributed by atoms with Gasteiger partial charge in [-0.25, -0.2) is 0 Å². The number of amides is 1. The van der Waals surface area contributed by atoms with Crippen molar-refractivity contribution >= 4 is 5.91 Å². The minimum Gasteiger partial charge on any atom is -0.388 e. The molecule has 3 nitrogen and oxygen atoms in total. The molecule has 0 atom stereocenters. The van der Waals surface area contributed by atoms with Gasteiger partial charge in [-0.05, 0) is 37.3 Å². The first-order valence-electron chi connectivity index (χ1n) is 7.94. The summed E-state index contributed by atoms with van der Waals surface area (Å²) in [5, 5.41) is 13.0. The van der Waals surface area contributed by atoms with Gasteiger partial charge >= 0.3 is 6.18 Å². The van der Waals surface area contributed by atoms with Crippen LogP contribution in [0.5, 0.6) is 0 Å². The highest BCUT2D eigenvalue weighted by atomic mass is 19.4. The minimum absolute atomic E-state index is 0.173. The molecule has 0 saturated heterocycles. The van der Waals surface area contributed by atoms with E-state index in [4.69, 9.17) is 0 Å². The van der Waals surface area contributed by atoms with Gasteiger partial charge in [-0.15, -0.1) is 0 Å². The Bertz CT molecular complexity index is 602. The Morgan fingerprint density at radius 1 is 1.17 bits per heavy atom. The topological polar surface area (TPSA) is 49.3 Å². The summed E-state index contributed by atoms with van der Waals surface area (Å²) in [4.78, 5) is 12.5. The molecule has 0 unspecified atom stereocenters. The molecule has 23 heavy (non-hydrogen) atoms. The highest BCUT2D eigenvalue weighted by Crippen LogP contribution is 2.49. The van der Waals surface area contributed by atoms with E-state index in [2.05, 4.69) is 5.32 Å². The SMILES string of the molecule is O=C(NCC1(O)CCCC1)C1(c2cccc(C(F)(F)F)c2)CC1. The van der Waals surface area contributed by atoms with E-state index >= 15 is 0 Å². The highest BCUT2D eigenvalue weighted by Gasteiger charge is 2.52. The Balaban J connectivity index is 1.73. The lowest BCUT2D eigenvalue weighted by Crippen LogP contribution is -2.44. The lowest BCUT2D eigenvalue weighted by molar-refractivity contribution is -0.137. The molecule has 126 valence electrons. The van der Waals surface area contributed by atoms with Crippen LogP contribution in [0.25, 0.3) is 0 Å². The second-order valence-electron chi connectivity index (χ2n) is 6.77. The lowest BCUT2D eigenvalue weighted by Gasteiger charge is -2.24. The van der Waals surface area contributed by atoms with Crippen LogP contribution < -0.4 is 5.32 Å². The van der Waals surface area contributed by atoms with Crippen molar-refractivity contribution in [2.24, 2.45) is 0 Å². The van der Waals surface area contributed by atoms with Gasteiger partial charge in [0.15, 0.2) is 0 Å². The molecule has 2 saturated carbocycles. The largest absolute Gasteiger partial charge is 0.416 e. The third-order valence-corrected chi connectivity index (χ3v) is 5.04. The van der Waals surface area contributed by atoms with E-state index in [1.807, 2.05) is 0 Å². The summed E-state index contributed by atoms with van der Waals surface area (Å²) < 4.78 is 38.5. The van der Waals surface area contributed by atoms with Gasteiger partial charge < -0.3 is 10.4 Å². The third-order valence-electron chi connectivity index (χ3n) is 5.04. The molecular formula is C17H20F3NO2. The summed E-state index contributed by atoms with van der Waals surface area (Å²) in [5.41, 5.74) is -2.05. The van der Waals surface area contributed by atoms with E-state index in [9.17, 15) is 23.1 Å². The normalized spacial score (nSPS) is 21.9. The van der Waals surface area contributed by atoms with E-state index in [1.165, 1.54) is 6.07 Å². The Labute approximate surface area is 132 Å². The summed E-state index contributed by atoms with van der Waals surface area (Å²) in [6, 6.07) is 5.00. The van der Waals surface area contributed by atoms with Crippen molar-refractivity contribution in [1.82, 2.24) is 5.32 Å². The molecule has 0 aliphatic heterocycles. The molecule has 0 aromatic heterocycles. The first kappa shape index (κ1) is 16.3. The Kier molecular flexibility index (Phi) is 3.91. The quantitative estimate of drug-likeness (QED) is 0.892. The molecule has 1 amide bonds. The van der Waals surface area contributed by atoms with Gasteiger partial charge in [-0.3, -0.25) is 4.79 Å². The zero-order chi connectivity index (χ0) is 16.7. The number of carbonyl (C=O) groups excluding carboxylic acids is 1. The molecule has 2 aliphatic carbocycles. The molecule has 1 aromatic carbocycles. The van der Waals surface area contributed by atoms with Crippen LogP contribution in [0.2, 0.25) is 0 Å². The van der Waals surface area contributed by atoms with Crippen LogP contribution in [-0.4, -0.2) is 23.2 Å². The van der Waals surface area contributed by atoms with Gasteiger partial charge in [0.25, 0.3) is 0 Å². The molecule has 6 heteroatoms. The predicted molar refractivity (Wildman–Crippen MR) is 78.8 cm³/mol. The number of benzene rings is 1. The molecule has 0 spiro atoms. The van der Waals surface area contributed by atoms with Crippen LogP contribution in [0.4, 0.5) is 13.2 Å². The number of rotatable bonds is 4. The number of nitrogens with one attached hydrogen (secondary N) is 1. The van der Waals surface area contributed by atoms with Crippen LogP contribution in [0, 0.1) is 0 Å². The minimum atomic E-state index is -4.42. The molecule has 0 bridgehead atoms. The monoisotopic (exact) mass is 327 g/mol. The zero-order valence-electron chi connectivity index (χ0n) is 12.7. The molecule has 0 radical (unpaired) electrons. The van der Waals surface area contributed by atoms with Gasteiger partial charge in [0.1, 0.15) is 0 Å². The van der Waals surface area contributed by atoms with E-state index in [0.717, 1.165) is 25.0 Å². The van der Waals surface area contributed by atoms with Gasteiger partial charge in [0, 0.05) is 6.54 Å². The maximum atomic E-state index is 12.8. The Hall–Kier alpha value is -1.56. The van der Waals surface area contributed by atoms with E-state index in [1.54, 1.807) is 6.07 Å². The molecule has 2 aliphatic rings. The van der Waals surface area contributed by atoms with E-state index in [0.29, 0.717) is 31.2 Å². The molecule has 1 aromatic rings. The van der Waals surface area contributed by atoms with Gasteiger partial charge in [-0.1, -0.05) is 31.0 Å². The highest BCUT2D eigenvalue weighted by molar-refractivity contribution is 5.91. The molecule has 0 heterocycles. The van der Waals surface area contributed by atoms with Crippen molar-refractivity contribution in [2.75, 3.05) is 6.54 Å². The fourth-order valence-electron chi connectivity index (χ4n) is 3.39. The standard InChI is InChI=1S/C17H20F3NO2/c18-17(19,20)13-5-3-4-12(10-13)16(8-9-16)14(22)21-11-15(23)6-1-2-7-15/h3-5,10,23H,1-2,6-9,11H2,(H,21,22). The number of hydrogen-bond donors (Lipinski definition) is 2. The average molecular weight is 327 g/mol. The first-order valence-corrected chi connectivity index (χ1v) is 7.94. The first-order chi connectivity index (χ1) is 10.8. The van der Waals surface area contributed by atoms with Crippen LogP contribution in [0.3, 0.4) is 0 Å². The van der Waals surface area contributed by atoms with Crippen LogP contribution in [0.15, 0.2) is 24.3 Å². The number of alkyl halides is 3. The Morgan fingerprint density at radius 3 is 2.39 bits per heavy atom. The van der Waals surface area contributed by atoms with Gasteiger partial charge in [0.2, 0.25) is 5.91 Å². The number of hydrogen-bond acceptors (Lipinski definition) is 2. The van der Waals surface area contributed by atoms with Gasteiger partial charge in [-0.2, -0.15) is 13.2 Å².